The third-order valence-electron chi connectivity index (χ3n) is 3.16. The number of benzene rings is 1. The number of carbonyl (C=O) groups excluding carboxylic acids is 1. The van der Waals surface area contributed by atoms with Crippen LogP contribution in [-0.2, 0) is 4.79 Å². The largest absolute Gasteiger partial charge is 0.493 e. The molecule has 0 bridgehead atoms. The lowest BCUT2D eigenvalue weighted by atomic mass is 10.0. The Hall–Kier alpha value is -1.95. The third-order valence-corrected chi connectivity index (χ3v) is 3.44. The molecule has 0 aliphatic carbocycles. The van der Waals surface area contributed by atoms with Gasteiger partial charge in [0, 0.05) is 5.56 Å². The zero-order valence-electron chi connectivity index (χ0n) is 13.7. The molecule has 1 aromatic carbocycles. The second kappa shape index (κ2) is 8.62. The van der Waals surface area contributed by atoms with Crippen molar-refractivity contribution in [2.24, 2.45) is 5.92 Å². The van der Waals surface area contributed by atoms with E-state index in [1.807, 2.05) is 6.92 Å². The lowest BCUT2D eigenvalue weighted by molar-refractivity contribution is -0.140. The first kappa shape index (κ1) is 19.1. The van der Waals surface area contributed by atoms with Crippen molar-refractivity contribution in [2.75, 3.05) is 13.7 Å². The van der Waals surface area contributed by atoms with Crippen LogP contribution in [0.1, 0.15) is 37.6 Å². The molecule has 1 rings (SSSR count). The molecule has 6 nitrogen and oxygen atoms in total. The number of nitrogens with one attached hydrogen (secondary N) is 1. The van der Waals surface area contributed by atoms with E-state index in [1.165, 1.54) is 19.2 Å². The Bertz CT molecular complexity index is 574. The summed E-state index contributed by atoms with van der Waals surface area (Å²) in [7, 11) is 1.44. The second-order valence-electron chi connectivity index (χ2n) is 5.37. The summed E-state index contributed by atoms with van der Waals surface area (Å²) in [5.41, 5.74) is 0.211. The van der Waals surface area contributed by atoms with Crippen molar-refractivity contribution in [2.45, 2.75) is 33.2 Å². The zero-order chi connectivity index (χ0) is 17.6. The Morgan fingerprint density at radius 2 is 2.00 bits per heavy atom. The maximum Gasteiger partial charge on any atom is 0.326 e. The molecule has 1 aromatic rings. The van der Waals surface area contributed by atoms with E-state index < -0.39 is 17.9 Å². The van der Waals surface area contributed by atoms with Crippen molar-refractivity contribution >= 4 is 23.5 Å². The van der Waals surface area contributed by atoms with Gasteiger partial charge in [0.25, 0.3) is 5.91 Å². The molecule has 0 aliphatic rings. The minimum absolute atomic E-state index is 0.211. The number of hydrogen-bond acceptors (Lipinski definition) is 4. The Morgan fingerprint density at radius 1 is 1.35 bits per heavy atom. The Labute approximate surface area is 140 Å². The number of carboxylic acid groups (broad SMARTS) is 1. The molecular weight excluding hydrogens is 322 g/mol. The smallest absolute Gasteiger partial charge is 0.326 e. The highest BCUT2D eigenvalue weighted by Gasteiger charge is 2.25. The van der Waals surface area contributed by atoms with Crippen LogP contribution in [0.2, 0.25) is 5.02 Å². The van der Waals surface area contributed by atoms with Crippen molar-refractivity contribution in [3.8, 4) is 11.5 Å². The standard InChI is InChI=1S/C16H22ClNO5/c1-5-6-23-14-11(17)7-10(8-12(14)22-4)15(19)18-13(9(2)3)16(20)21/h7-9,13H,5-6H2,1-4H3,(H,18,19)(H,20,21)/t13-/m0/s1. The molecule has 0 aromatic heterocycles. The molecule has 1 atom stereocenters. The summed E-state index contributed by atoms with van der Waals surface area (Å²) >= 11 is 6.15. The number of amides is 1. The first-order chi connectivity index (χ1) is 10.8. The number of halogens is 1. The second-order valence-corrected chi connectivity index (χ2v) is 5.78. The monoisotopic (exact) mass is 343 g/mol. The minimum Gasteiger partial charge on any atom is -0.493 e. The summed E-state index contributed by atoms with van der Waals surface area (Å²) in [5.74, 6) is -1.18. The van der Waals surface area contributed by atoms with E-state index in [9.17, 15) is 9.59 Å². The molecule has 128 valence electrons. The Kier molecular flexibility index (Phi) is 7.16. The molecule has 0 saturated carbocycles. The topological polar surface area (TPSA) is 84.9 Å². The van der Waals surface area contributed by atoms with Crippen molar-refractivity contribution in [1.82, 2.24) is 5.32 Å². The van der Waals surface area contributed by atoms with Crippen molar-refractivity contribution in [1.29, 1.82) is 0 Å². The number of carbonyl (C=O) groups is 2. The molecule has 0 aliphatic heterocycles. The highest BCUT2D eigenvalue weighted by atomic mass is 35.5. The summed E-state index contributed by atoms with van der Waals surface area (Å²) in [6.07, 6.45) is 0.802. The van der Waals surface area contributed by atoms with Crippen LogP contribution in [-0.4, -0.2) is 36.7 Å². The van der Waals surface area contributed by atoms with Crippen LogP contribution < -0.4 is 14.8 Å². The van der Waals surface area contributed by atoms with Gasteiger partial charge in [0.1, 0.15) is 6.04 Å². The molecular formula is C16H22ClNO5. The van der Waals surface area contributed by atoms with Gasteiger partial charge in [0.2, 0.25) is 0 Å². The highest BCUT2D eigenvalue weighted by Crippen LogP contribution is 2.36. The van der Waals surface area contributed by atoms with Gasteiger partial charge < -0.3 is 19.9 Å². The SMILES string of the molecule is CCCOc1c(Cl)cc(C(=O)N[C@H](C(=O)O)C(C)C)cc1OC. The number of carboxylic acids is 1. The number of rotatable bonds is 8. The van der Waals surface area contributed by atoms with Gasteiger partial charge in [-0.05, 0) is 24.5 Å². The fourth-order valence-corrected chi connectivity index (χ4v) is 2.20. The van der Waals surface area contributed by atoms with E-state index in [0.717, 1.165) is 6.42 Å². The first-order valence-corrected chi connectivity index (χ1v) is 7.73. The van der Waals surface area contributed by atoms with Crippen LogP contribution in [0.25, 0.3) is 0 Å². The first-order valence-electron chi connectivity index (χ1n) is 7.35. The van der Waals surface area contributed by atoms with Crippen LogP contribution in [0.3, 0.4) is 0 Å². The van der Waals surface area contributed by atoms with Crippen LogP contribution in [0.4, 0.5) is 0 Å². The van der Waals surface area contributed by atoms with Crippen molar-refractivity contribution in [3.63, 3.8) is 0 Å². The molecule has 0 unspecified atom stereocenters. The lowest BCUT2D eigenvalue weighted by Gasteiger charge is -2.19. The van der Waals surface area contributed by atoms with Gasteiger partial charge in [0.15, 0.2) is 11.5 Å². The lowest BCUT2D eigenvalue weighted by Crippen LogP contribution is -2.44. The minimum atomic E-state index is -1.09. The summed E-state index contributed by atoms with van der Waals surface area (Å²) in [4.78, 5) is 23.5. The third kappa shape index (κ3) is 5.03. The predicted molar refractivity (Wildman–Crippen MR) is 87.5 cm³/mol. The predicted octanol–water partition coefficient (Wildman–Crippen LogP) is 2.98. The van der Waals surface area contributed by atoms with Gasteiger partial charge in [-0.15, -0.1) is 0 Å². The average molecular weight is 344 g/mol. The number of methoxy groups -OCH3 is 1. The van der Waals surface area contributed by atoms with Gasteiger partial charge in [-0.1, -0.05) is 32.4 Å². The number of ether oxygens (including phenoxy) is 2. The van der Waals surface area contributed by atoms with E-state index >= 15 is 0 Å². The fraction of sp³-hybridized carbons (Fsp3) is 0.500. The molecule has 0 fully saturated rings. The summed E-state index contributed by atoms with van der Waals surface area (Å²) < 4.78 is 10.7. The highest BCUT2D eigenvalue weighted by molar-refractivity contribution is 6.32. The maximum atomic E-state index is 12.3. The molecule has 0 spiro atoms. The summed E-state index contributed by atoms with van der Waals surface area (Å²) in [5, 5.41) is 11.9. The zero-order valence-corrected chi connectivity index (χ0v) is 14.4. The van der Waals surface area contributed by atoms with Crippen molar-refractivity contribution < 1.29 is 24.2 Å². The van der Waals surface area contributed by atoms with Gasteiger partial charge in [-0.3, -0.25) is 4.79 Å². The van der Waals surface area contributed by atoms with Crippen LogP contribution in [0, 0.1) is 5.92 Å². The van der Waals surface area contributed by atoms with E-state index in [4.69, 9.17) is 26.2 Å². The molecule has 2 N–H and O–H groups in total. The van der Waals surface area contributed by atoms with E-state index in [-0.39, 0.29) is 16.5 Å². The molecule has 23 heavy (non-hydrogen) atoms. The molecule has 0 saturated heterocycles. The summed E-state index contributed by atoms with van der Waals surface area (Å²) in [6.45, 7) is 5.86. The molecule has 0 heterocycles. The normalized spacial score (nSPS) is 11.9. The average Bonchev–Trinajstić information content (AvgIpc) is 2.49. The van der Waals surface area contributed by atoms with Crippen LogP contribution >= 0.6 is 11.6 Å². The van der Waals surface area contributed by atoms with Gasteiger partial charge in [-0.2, -0.15) is 0 Å². The van der Waals surface area contributed by atoms with E-state index in [0.29, 0.717) is 18.1 Å². The van der Waals surface area contributed by atoms with Gasteiger partial charge >= 0.3 is 5.97 Å². The fourth-order valence-electron chi connectivity index (χ4n) is 1.93. The van der Waals surface area contributed by atoms with E-state index in [2.05, 4.69) is 5.32 Å². The summed E-state index contributed by atoms with van der Waals surface area (Å²) in [6, 6.07) is 1.93. The van der Waals surface area contributed by atoms with Crippen LogP contribution in [0.15, 0.2) is 12.1 Å². The Balaban J connectivity index is 3.06. The van der Waals surface area contributed by atoms with Crippen molar-refractivity contribution in [3.05, 3.63) is 22.7 Å². The quantitative estimate of drug-likeness (QED) is 0.758. The number of aliphatic carboxylic acids is 1. The number of hydrogen-bond donors (Lipinski definition) is 2. The van der Waals surface area contributed by atoms with Gasteiger partial charge in [0.05, 0.1) is 18.7 Å². The Morgan fingerprint density at radius 3 is 2.48 bits per heavy atom. The maximum absolute atomic E-state index is 12.3. The van der Waals surface area contributed by atoms with Crippen LogP contribution in [0.5, 0.6) is 11.5 Å². The molecule has 7 heteroatoms. The molecule has 0 radical (unpaired) electrons. The molecule has 1 amide bonds. The van der Waals surface area contributed by atoms with E-state index in [1.54, 1.807) is 13.8 Å². The van der Waals surface area contributed by atoms with Gasteiger partial charge in [-0.25, -0.2) is 4.79 Å².